The predicted octanol–water partition coefficient (Wildman–Crippen LogP) is 3.49. The second-order valence-electron chi connectivity index (χ2n) is 4.48. The first-order chi connectivity index (χ1) is 9.56. The van der Waals surface area contributed by atoms with Crippen molar-refractivity contribution in [2.45, 2.75) is 13.8 Å². The number of hydrogen-bond acceptors (Lipinski definition) is 6. The van der Waals surface area contributed by atoms with E-state index >= 15 is 0 Å². The Balaban J connectivity index is 2.17. The zero-order valence-corrected chi connectivity index (χ0v) is 11.7. The highest BCUT2D eigenvalue weighted by atomic mass is 32.1. The molecule has 0 saturated heterocycles. The van der Waals surface area contributed by atoms with E-state index in [4.69, 9.17) is 4.52 Å². The van der Waals surface area contributed by atoms with E-state index in [0.29, 0.717) is 16.9 Å². The SMILES string of the molecule is Cc1nc(-c2cnoc2-c2cc(C)c(O)cc2O)cs1. The van der Waals surface area contributed by atoms with Crippen LogP contribution < -0.4 is 0 Å². The van der Waals surface area contributed by atoms with Gasteiger partial charge in [0.15, 0.2) is 5.76 Å². The first-order valence-corrected chi connectivity index (χ1v) is 6.84. The maximum absolute atomic E-state index is 10.00. The summed E-state index contributed by atoms with van der Waals surface area (Å²) in [4.78, 5) is 4.40. The van der Waals surface area contributed by atoms with Crippen molar-refractivity contribution in [2.75, 3.05) is 0 Å². The second-order valence-corrected chi connectivity index (χ2v) is 5.54. The van der Waals surface area contributed by atoms with E-state index in [2.05, 4.69) is 10.1 Å². The summed E-state index contributed by atoms with van der Waals surface area (Å²) < 4.78 is 5.26. The van der Waals surface area contributed by atoms with Gasteiger partial charge in [-0.15, -0.1) is 11.3 Å². The van der Waals surface area contributed by atoms with Crippen molar-refractivity contribution < 1.29 is 14.7 Å². The van der Waals surface area contributed by atoms with Crippen molar-refractivity contribution in [2.24, 2.45) is 0 Å². The average molecular weight is 288 g/mol. The van der Waals surface area contributed by atoms with Crippen molar-refractivity contribution in [1.29, 1.82) is 0 Å². The molecule has 0 radical (unpaired) electrons. The Bertz CT molecular complexity index is 777. The topological polar surface area (TPSA) is 79.4 Å². The molecular weight excluding hydrogens is 276 g/mol. The molecule has 0 bridgehead atoms. The lowest BCUT2D eigenvalue weighted by Crippen LogP contribution is -1.84. The van der Waals surface area contributed by atoms with Crippen LogP contribution in [-0.2, 0) is 0 Å². The largest absolute Gasteiger partial charge is 0.508 e. The van der Waals surface area contributed by atoms with E-state index in [1.807, 2.05) is 12.3 Å². The lowest BCUT2D eigenvalue weighted by Gasteiger charge is -2.06. The Morgan fingerprint density at radius 2 is 1.90 bits per heavy atom. The molecule has 0 fully saturated rings. The Labute approximate surface area is 119 Å². The van der Waals surface area contributed by atoms with E-state index in [1.54, 1.807) is 19.2 Å². The number of aromatic hydroxyl groups is 2. The number of aryl methyl sites for hydroxylation is 2. The van der Waals surface area contributed by atoms with Crippen LogP contribution in [0.15, 0.2) is 28.2 Å². The molecule has 0 amide bonds. The van der Waals surface area contributed by atoms with Crippen molar-refractivity contribution in [1.82, 2.24) is 10.1 Å². The summed E-state index contributed by atoms with van der Waals surface area (Å²) in [5.74, 6) is 0.422. The standard InChI is InChI=1S/C14H12N2O3S/c1-7-3-9(13(18)4-12(7)17)14-10(5-15-19-14)11-6-20-8(2)16-11/h3-6,17-18H,1-2H3. The number of phenolic OH excluding ortho intramolecular Hbond substituents is 2. The number of thiazole rings is 1. The molecule has 6 heteroatoms. The molecule has 2 heterocycles. The van der Waals surface area contributed by atoms with E-state index in [1.165, 1.54) is 17.4 Å². The van der Waals surface area contributed by atoms with Crippen LogP contribution in [0.4, 0.5) is 0 Å². The number of hydrogen-bond donors (Lipinski definition) is 2. The molecule has 0 spiro atoms. The van der Waals surface area contributed by atoms with Crippen molar-refractivity contribution >= 4 is 11.3 Å². The molecule has 2 N–H and O–H groups in total. The third kappa shape index (κ3) is 2.04. The average Bonchev–Trinajstić information content (AvgIpc) is 3.02. The second kappa shape index (κ2) is 4.64. The molecule has 0 aliphatic heterocycles. The van der Waals surface area contributed by atoms with Crippen LogP contribution in [0.2, 0.25) is 0 Å². The van der Waals surface area contributed by atoms with E-state index in [-0.39, 0.29) is 11.5 Å². The molecule has 0 aliphatic carbocycles. The quantitative estimate of drug-likeness (QED) is 0.754. The van der Waals surface area contributed by atoms with Gasteiger partial charge in [-0.2, -0.15) is 0 Å². The number of aromatic nitrogens is 2. The lowest BCUT2D eigenvalue weighted by atomic mass is 10.0. The molecule has 0 aliphatic rings. The van der Waals surface area contributed by atoms with Gasteiger partial charge in [-0.3, -0.25) is 0 Å². The molecule has 0 unspecified atom stereocenters. The summed E-state index contributed by atoms with van der Waals surface area (Å²) in [6, 6.07) is 2.96. The van der Waals surface area contributed by atoms with Crippen LogP contribution in [0.25, 0.3) is 22.6 Å². The minimum atomic E-state index is -0.0574. The normalized spacial score (nSPS) is 10.9. The summed E-state index contributed by atoms with van der Waals surface area (Å²) in [5, 5.41) is 26.2. The maximum Gasteiger partial charge on any atom is 0.179 e. The molecule has 102 valence electrons. The molecule has 3 aromatic rings. The Kier molecular flexibility index (Phi) is 2.94. The molecule has 0 atom stereocenters. The summed E-state index contributed by atoms with van der Waals surface area (Å²) in [5.41, 5.74) is 2.61. The minimum absolute atomic E-state index is 0.0387. The highest BCUT2D eigenvalue weighted by Gasteiger charge is 2.19. The Morgan fingerprint density at radius 3 is 2.60 bits per heavy atom. The lowest BCUT2D eigenvalue weighted by molar-refractivity contribution is 0.423. The van der Waals surface area contributed by atoms with Gasteiger partial charge in [-0.25, -0.2) is 4.98 Å². The van der Waals surface area contributed by atoms with Crippen LogP contribution in [-0.4, -0.2) is 20.4 Å². The van der Waals surface area contributed by atoms with Crippen molar-refractivity contribution in [3.05, 3.63) is 34.3 Å². The molecule has 1 aromatic carbocycles. The fourth-order valence-electron chi connectivity index (χ4n) is 1.97. The van der Waals surface area contributed by atoms with Crippen molar-refractivity contribution in [3.8, 4) is 34.1 Å². The van der Waals surface area contributed by atoms with E-state index in [9.17, 15) is 10.2 Å². The van der Waals surface area contributed by atoms with Gasteiger partial charge in [0.05, 0.1) is 28.0 Å². The van der Waals surface area contributed by atoms with E-state index < -0.39 is 0 Å². The highest BCUT2D eigenvalue weighted by molar-refractivity contribution is 7.09. The molecular formula is C14H12N2O3S. The number of nitrogens with zero attached hydrogens (tertiary/aromatic N) is 2. The Morgan fingerprint density at radius 1 is 1.10 bits per heavy atom. The van der Waals surface area contributed by atoms with Gasteiger partial charge in [0.25, 0.3) is 0 Å². The molecule has 5 nitrogen and oxygen atoms in total. The number of rotatable bonds is 2. The van der Waals surface area contributed by atoms with Crippen molar-refractivity contribution in [3.63, 3.8) is 0 Å². The molecule has 2 aromatic heterocycles. The first-order valence-electron chi connectivity index (χ1n) is 5.96. The van der Waals surface area contributed by atoms with Crippen LogP contribution >= 0.6 is 11.3 Å². The summed E-state index contributed by atoms with van der Waals surface area (Å²) in [6.07, 6.45) is 1.57. The van der Waals surface area contributed by atoms with Gasteiger partial charge < -0.3 is 14.7 Å². The summed E-state index contributed by atoms with van der Waals surface area (Å²) >= 11 is 1.53. The minimum Gasteiger partial charge on any atom is -0.508 e. The third-order valence-electron chi connectivity index (χ3n) is 3.02. The van der Waals surface area contributed by atoms with Gasteiger partial charge in [0.2, 0.25) is 0 Å². The zero-order chi connectivity index (χ0) is 14.3. The zero-order valence-electron chi connectivity index (χ0n) is 10.9. The maximum atomic E-state index is 10.00. The van der Waals surface area contributed by atoms with Gasteiger partial charge in [-0.05, 0) is 25.5 Å². The fraction of sp³-hybridized carbons (Fsp3) is 0.143. The van der Waals surface area contributed by atoms with Crippen LogP contribution in [0, 0.1) is 13.8 Å². The smallest absolute Gasteiger partial charge is 0.179 e. The predicted molar refractivity (Wildman–Crippen MR) is 75.9 cm³/mol. The first kappa shape index (κ1) is 12.7. The van der Waals surface area contributed by atoms with Crippen LogP contribution in [0.1, 0.15) is 10.6 Å². The molecule has 0 saturated carbocycles. The van der Waals surface area contributed by atoms with E-state index in [0.717, 1.165) is 16.3 Å². The highest BCUT2D eigenvalue weighted by Crippen LogP contribution is 2.39. The molecule has 3 rings (SSSR count). The van der Waals surface area contributed by atoms with Gasteiger partial charge in [0.1, 0.15) is 11.5 Å². The van der Waals surface area contributed by atoms with Gasteiger partial charge >= 0.3 is 0 Å². The molecule has 20 heavy (non-hydrogen) atoms. The van der Waals surface area contributed by atoms with Gasteiger partial charge in [-0.1, -0.05) is 5.16 Å². The summed E-state index contributed by atoms with van der Waals surface area (Å²) in [6.45, 7) is 3.67. The van der Waals surface area contributed by atoms with Gasteiger partial charge in [0, 0.05) is 11.4 Å². The third-order valence-corrected chi connectivity index (χ3v) is 3.80. The van der Waals surface area contributed by atoms with Crippen LogP contribution in [0.3, 0.4) is 0 Å². The van der Waals surface area contributed by atoms with Crippen LogP contribution in [0.5, 0.6) is 11.5 Å². The monoisotopic (exact) mass is 288 g/mol. The Hall–Kier alpha value is -2.34. The fourth-order valence-corrected chi connectivity index (χ4v) is 2.58. The number of benzene rings is 1. The number of phenols is 2. The summed E-state index contributed by atoms with van der Waals surface area (Å²) in [7, 11) is 0.